The highest BCUT2D eigenvalue weighted by molar-refractivity contribution is 5.69. The van der Waals surface area contributed by atoms with Gasteiger partial charge in [-0.1, -0.05) is 31.9 Å². The number of aliphatic hydroxyl groups excluding tert-OH is 1. The fourth-order valence-electron chi connectivity index (χ4n) is 5.34. The van der Waals surface area contributed by atoms with Crippen LogP contribution in [0.1, 0.15) is 98.3 Å². The Morgan fingerprint density at radius 3 is 2.44 bits per heavy atom. The zero-order valence-electron chi connectivity index (χ0n) is 23.1. The maximum atomic E-state index is 12.6. The highest BCUT2D eigenvalue weighted by Crippen LogP contribution is 2.41. The van der Waals surface area contributed by atoms with Crippen molar-refractivity contribution in [2.45, 2.75) is 122 Å². The van der Waals surface area contributed by atoms with Gasteiger partial charge >= 0.3 is 12.1 Å². The van der Waals surface area contributed by atoms with Gasteiger partial charge < -0.3 is 29.4 Å². The van der Waals surface area contributed by atoms with Gasteiger partial charge in [0.2, 0.25) is 0 Å². The van der Waals surface area contributed by atoms with E-state index < -0.39 is 23.6 Å². The summed E-state index contributed by atoms with van der Waals surface area (Å²) < 4.78 is 22.4. The van der Waals surface area contributed by atoms with E-state index in [-0.39, 0.29) is 23.8 Å². The van der Waals surface area contributed by atoms with Crippen molar-refractivity contribution in [2.75, 3.05) is 20.3 Å². The molecule has 1 amide bonds. The van der Waals surface area contributed by atoms with Crippen molar-refractivity contribution in [2.24, 2.45) is 11.8 Å². The van der Waals surface area contributed by atoms with Gasteiger partial charge in [0.1, 0.15) is 5.60 Å². The van der Waals surface area contributed by atoms with Gasteiger partial charge in [-0.15, -0.1) is 0 Å². The number of unbranched alkanes of at least 4 members (excludes halogenated alkanes) is 3. The third kappa shape index (κ3) is 10.4. The second-order valence-corrected chi connectivity index (χ2v) is 11.2. The molecule has 1 saturated carbocycles. The van der Waals surface area contributed by atoms with Crippen molar-refractivity contribution in [1.82, 2.24) is 5.32 Å². The third-order valence-corrected chi connectivity index (χ3v) is 7.15. The maximum Gasteiger partial charge on any atom is 0.407 e. The van der Waals surface area contributed by atoms with Crippen molar-refractivity contribution in [3.63, 3.8) is 0 Å². The average Bonchev–Trinajstić information content (AvgIpc) is 3.38. The molecule has 0 aromatic rings. The molecule has 2 rings (SSSR count). The highest BCUT2D eigenvalue weighted by atomic mass is 16.7. The van der Waals surface area contributed by atoms with E-state index in [1.54, 1.807) is 0 Å². The van der Waals surface area contributed by atoms with Crippen LogP contribution in [0.3, 0.4) is 0 Å². The number of carbonyl (C=O) groups is 2. The lowest BCUT2D eigenvalue weighted by molar-refractivity contribution is -0.171. The van der Waals surface area contributed by atoms with Crippen LogP contribution in [-0.2, 0) is 23.7 Å². The number of amides is 1. The number of nitrogens with one attached hydrogen (secondary N) is 1. The number of ether oxygens (including phenoxy) is 4. The van der Waals surface area contributed by atoms with Crippen molar-refractivity contribution in [1.29, 1.82) is 0 Å². The van der Waals surface area contributed by atoms with Gasteiger partial charge in [-0.2, -0.15) is 0 Å². The molecule has 1 aliphatic carbocycles. The molecule has 8 heteroatoms. The predicted octanol–water partition coefficient (Wildman–Crippen LogP) is 5.27. The first-order valence-electron chi connectivity index (χ1n) is 13.8. The summed E-state index contributed by atoms with van der Waals surface area (Å²) in [6.45, 7) is 8.93. The molecular formula is C28H49NO7. The van der Waals surface area contributed by atoms with Crippen LogP contribution in [-0.4, -0.2) is 61.0 Å². The van der Waals surface area contributed by atoms with Gasteiger partial charge in [0.05, 0.1) is 26.4 Å². The summed E-state index contributed by atoms with van der Waals surface area (Å²) in [5, 5.41) is 14.0. The molecular weight excluding hydrogens is 462 g/mol. The topological polar surface area (TPSA) is 103 Å². The largest absolute Gasteiger partial charge is 0.469 e. The second-order valence-electron chi connectivity index (χ2n) is 11.2. The van der Waals surface area contributed by atoms with Crippen LogP contribution >= 0.6 is 0 Å². The molecule has 4 atom stereocenters. The van der Waals surface area contributed by atoms with E-state index in [1.165, 1.54) is 7.11 Å². The van der Waals surface area contributed by atoms with E-state index >= 15 is 0 Å². The number of allylic oxidation sites excluding steroid dienone is 2. The maximum absolute atomic E-state index is 12.6. The zero-order valence-corrected chi connectivity index (χ0v) is 23.1. The second kappa shape index (κ2) is 14.9. The predicted molar refractivity (Wildman–Crippen MR) is 138 cm³/mol. The number of methoxy groups -OCH3 is 1. The molecule has 1 heterocycles. The van der Waals surface area contributed by atoms with E-state index in [0.29, 0.717) is 32.5 Å². The normalized spacial score (nSPS) is 25.8. The molecule has 0 spiro atoms. The molecule has 2 aliphatic rings. The van der Waals surface area contributed by atoms with Gasteiger partial charge in [0.25, 0.3) is 0 Å². The number of esters is 1. The Hall–Kier alpha value is -1.64. The summed E-state index contributed by atoms with van der Waals surface area (Å²) in [7, 11) is 1.40. The summed E-state index contributed by atoms with van der Waals surface area (Å²) in [6.07, 6.45) is 12.0. The minimum atomic E-state index is -0.585. The Morgan fingerprint density at radius 1 is 1.08 bits per heavy atom. The van der Waals surface area contributed by atoms with E-state index in [9.17, 15) is 14.7 Å². The first-order chi connectivity index (χ1) is 17.1. The Balaban J connectivity index is 2.04. The Kier molecular flexibility index (Phi) is 12.7. The van der Waals surface area contributed by atoms with Crippen molar-refractivity contribution in [3.05, 3.63) is 12.2 Å². The number of alkyl carbamates (subject to hydrolysis) is 1. The minimum absolute atomic E-state index is 0.0101. The van der Waals surface area contributed by atoms with Crippen LogP contribution in [0.5, 0.6) is 0 Å². The summed E-state index contributed by atoms with van der Waals surface area (Å²) in [5.74, 6) is -0.679. The summed E-state index contributed by atoms with van der Waals surface area (Å²) >= 11 is 0. The van der Waals surface area contributed by atoms with Crippen molar-refractivity contribution >= 4 is 12.1 Å². The first-order valence-corrected chi connectivity index (χ1v) is 13.8. The summed E-state index contributed by atoms with van der Waals surface area (Å²) in [5.41, 5.74) is -0.585. The molecule has 1 aliphatic heterocycles. The number of aliphatic hydroxyl groups is 1. The van der Waals surface area contributed by atoms with Crippen LogP contribution in [0.4, 0.5) is 4.79 Å². The Labute approximate surface area is 217 Å². The minimum Gasteiger partial charge on any atom is -0.469 e. The smallest absolute Gasteiger partial charge is 0.407 e. The zero-order chi connectivity index (χ0) is 26.6. The van der Waals surface area contributed by atoms with Crippen LogP contribution in [0.25, 0.3) is 0 Å². The SMILES string of the molecule is CCCCCC1(CC[C@H]2C(NC(=O)OC(C)(C)C)C[C@H](O)[C@@H]2CC=CCCCC(=O)OC)OCCO1. The molecule has 36 heavy (non-hydrogen) atoms. The van der Waals surface area contributed by atoms with Gasteiger partial charge in [-0.25, -0.2) is 4.79 Å². The molecule has 208 valence electrons. The molecule has 0 aromatic heterocycles. The summed E-state index contributed by atoms with van der Waals surface area (Å²) in [6, 6.07) is -0.179. The molecule has 0 radical (unpaired) electrons. The van der Waals surface area contributed by atoms with Gasteiger partial charge in [-0.3, -0.25) is 4.79 Å². The Morgan fingerprint density at radius 2 is 1.81 bits per heavy atom. The lowest BCUT2D eigenvalue weighted by Gasteiger charge is -2.32. The standard InChI is InChI=1S/C28H49NO7/c1-6-7-12-16-28(34-18-19-35-28)17-15-21-22(13-10-8-9-11-14-25(31)33-5)24(30)20-23(21)29-26(32)36-27(2,3)4/h8,10,21-24,30H,6-7,9,11-20H2,1-5H3,(H,29,32)/t21-,22-,23?,24+/m1/s1. The molecule has 0 bridgehead atoms. The quantitative estimate of drug-likeness (QED) is 0.186. The van der Waals surface area contributed by atoms with Crippen LogP contribution in [0.2, 0.25) is 0 Å². The van der Waals surface area contributed by atoms with E-state index in [2.05, 4.69) is 29.1 Å². The van der Waals surface area contributed by atoms with E-state index in [1.807, 2.05) is 20.8 Å². The first kappa shape index (κ1) is 30.6. The van der Waals surface area contributed by atoms with Crippen LogP contribution < -0.4 is 5.32 Å². The molecule has 0 aromatic carbocycles. The molecule has 1 saturated heterocycles. The fraction of sp³-hybridized carbons (Fsp3) is 0.857. The number of hydrogen-bond donors (Lipinski definition) is 2. The average molecular weight is 512 g/mol. The molecule has 1 unspecified atom stereocenters. The van der Waals surface area contributed by atoms with Crippen LogP contribution in [0.15, 0.2) is 12.2 Å². The molecule has 2 N–H and O–H groups in total. The van der Waals surface area contributed by atoms with Crippen LogP contribution in [0, 0.1) is 11.8 Å². The van der Waals surface area contributed by atoms with Gasteiger partial charge in [0, 0.05) is 25.3 Å². The Bertz CT molecular complexity index is 697. The van der Waals surface area contributed by atoms with E-state index in [4.69, 9.17) is 14.2 Å². The van der Waals surface area contributed by atoms with E-state index in [0.717, 1.165) is 51.4 Å². The number of rotatable bonds is 14. The molecule has 8 nitrogen and oxygen atoms in total. The lowest BCUT2D eigenvalue weighted by atomic mass is 9.84. The third-order valence-electron chi connectivity index (χ3n) is 7.15. The summed E-state index contributed by atoms with van der Waals surface area (Å²) in [4.78, 5) is 23.9. The monoisotopic (exact) mass is 511 g/mol. The molecule has 2 fully saturated rings. The fourth-order valence-corrected chi connectivity index (χ4v) is 5.34. The highest BCUT2D eigenvalue weighted by Gasteiger charge is 2.45. The van der Waals surface area contributed by atoms with Gasteiger partial charge in [-0.05, 0) is 71.1 Å². The van der Waals surface area contributed by atoms with Crippen molar-refractivity contribution in [3.8, 4) is 0 Å². The number of carbonyl (C=O) groups excluding carboxylic acids is 2. The lowest BCUT2D eigenvalue weighted by Crippen LogP contribution is -2.42. The number of hydrogen-bond acceptors (Lipinski definition) is 7. The van der Waals surface area contributed by atoms with Gasteiger partial charge in [0.15, 0.2) is 5.79 Å². The van der Waals surface area contributed by atoms with Crippen molar-refractivity contribution < 1.29 is 33.6 Å².